The number of aliphatic carboxylic acids is 1. The van der Waals surface area contributed by atoms with Gasteiger partial charge in [0.1, 0.15) is 13.2 Å². The Balaban J connectivity index is 3.01. The number of methoxy groups -OCH3 is 2. The fourth-order valence-electron chi connectivity index (χ4n) is 1.48. The molecule has 0 aliphatic rings. The second kappa shape index (κ2) is 6.71. The van der Waals surface area contributed by atoms with Crippen molar-refractivity contribution >= 4 is 17.6 Å². The van der Waals surface area contributed by atoms with Gasteiger partial charge < -0.3 is 19.3 Å². The Bertz CT molecular complexity index is 493. The minimum absolute atomic E-state index is 0.0878. The summed E-state index contributed by atoms with van der Waals surface area (Å²) < 4.78 is 42.1. The minimum atomic E-state index is -3.45. The lowest BCUT2D eigenvalue weighted by atomic mass is 10.1. The van der Waals surface area contributed by atoms with Crippen LogP contribution in [0.4, 0.5) is 8.78 Å². The molecule has 0 fully saturated rings. The number of hydrogen-bond acceptors (Lipinski definition) is 4. The van der Waals surface area contributed by atoms with Crippen LogP contribution in [0.5, 0.6) is 11.5 Å². The lowest BCUT2D eigenvalue weighted by Gasteiger charge is -2.19. The highest BCUT2D eigenvalue weighted by Gasteiger charge is 2.35. The molecule has 0 bridgehead atoms. The molecule has 0 aliphatic carbocycles. The van der Waals surface area contributed by atoms with Crippen molar-refractivity contribution in [1.29, 1.82) is 0 Å². The van der Waals surface area contributed by atoms with Crippen molar-refractivity contribution in [3.05, 3.63) is 22.7 Å². The monoisotopic (exact) mass is 310 g/mol. The van der Waals surface area contributed by atoms with Crippen molar-refractivity contribution in [2.75, 3.05) is 27.4 Å². The van der Waals surface area contributed by atoms with E-state index in [0.717, 1.165) is 6.07 Å². The molecule has 0 saturated carbocycles. The molecule has 0 aromatic heterocycles. The van der Waals surface area contributed by atoms with Crippen LogP contribution in [0.3, 0.4) is 0 Å². The molecule has 0 aliphatic heterocycles. The summed E-state index contributed by atoms with van der Waals surface area (Å²) in [6, 6.07) is 2.23. The first kappa shape index (κ1) is 16.5. The summed E-state index contributed by atoms with van der Waals surface area (Å²) >= 11 is 5.78. The van der Waals surface area contributed by atoms with Crippen LogP contribution in [0.1, 0.15) is 5.56 Å². The molecule has 0 saturated heterocycles. The highest BCUT2D eigenvalue weighted by Crippen LogP contribution is 2.40. The Labute approximate surface area is 119 Å². The SMILES string of the molecule is COc1cc(Cl)c(C(F)(F)COCC(=O)O)cc1OC. The largest absolute Gasteiger partial charge is 0.493 e. The van der Waals surface area contributed by atoms with Gasteiger partial charge >= 0.3 is 5.97 Å². The van der Waals surface area contributed by atoms with Gasteiger partial charge in [0.25, 0.3) is 5.92 Å². The lowest BCUT2D eigenvalue weighted by Crippen LogP contribution is -2.24. The highest BCUT2D eigenvalue weighted by molar-refractivity contribution is 6.31. The number of carboxylic acids is 1. The van der Waals surface area contributed by atoms with E-state index in [2.05, 4.69) is 4.74 Å². The van der Waals surface area contributed by atoms with E-state index in [-0.39, 0.29) is 16.5 Å². The highest BCUT2D eigenvalue weighted by atomic mass is 35.5. The van der Waals surface area contributed by atoms with Crippen LogP contribution >= 0.6 is 11.6 Å². The Morgan fingerprint density at radius 1 is 1.30 bits per heavy atom. The topological polar surface area (TPSA) is 65.0 Å². The van der Waals surface area contributed by atoms with Gasteiger partial charge in [0.2, 0.25) is 0 Å². The third kappa shape index (κ3) is 3.94. The van der Waals surface area contributed by atoms with E-state index in [9.17, 15) is 13.6 Å². The molecule has 20 heavy (non-hydrogen) atoms. The zero-order valence-electron chi connectivity index (χ0n) is 10.8. The number of hydrogen-bond donors (Lipinski definition) is 1. The normalized spacial score (nSPS) is 11.2. The van der Waals surface area contributed by atoms with Crippen molar-refractivity contribution in [3.8, 4) is 11.5 Å². The number of carbonyl (C=O) groups is 1. The van der Waals surface area contributed by atoms with Gasteiger partial charge in [-0.25, -0.2) is 4.79 Å². The van der Waals surface area contributed by atoms with E-state index in [1.807, 2.05) is 0 Å². The number of carboxylic acid groups (broad SMARTS) is 1. The molecule has 1 aromatic carbocycles. The van der Waals surface area contributed by atoms with Crippen LogP contribution in [-0.4, -0.2) is 38.5 Å². The molecule has 1 N–H and O–H groups in total. The second-order valence-corrected chi connectivity index (χ2v) is 4.19. The van der Waals surface area contributed by atoms with Crippen molar-refractivity contribution in [2.24, 2.45) is 0 Å². The van der Waals surface area contributed by atoms with Crippen molar-refractivity contribution in [1.82, 2.24) is 0 Å². The van der Waals surface area contributed by atoms with Gasteiger partial charge in [0.05, 0.1) is 19.2 Å². The van der Waals surface area contributed by atoms with Crippen LogP contribution in [0.15, 0.2) is 12.1 Å². The number of alkyl halides is 2. The average molecular weight is 311 g/mol. The predicted molar refractivity (Wildman–Crippen MR) is 66.9 cm³/mol. The smallest absolute Gasteiger partial charge is 0.329 e. The quantitative estimate of drug-likeness (QED) is 0.838. The van der Waals surface area contributed by atoms with E-state index in [4.69, 9.17) is 26.2 Å². The Morgan fingerprint density at radius 3 is 2.35 bits per heavy atom. The van der Waals surface area contributed by atoms with Crippen molar-refractivity contribution < 1.29 is 32.9 Å². The summed E-state index contributed by atoms with van der Waals surface area (Å²) in [5.74, 6) is -4.49. The fourth-order valence-corrected chi connectivity index (χ4v) is 1.77. The minimum Gasteiger partial charge on any atom is -0.493 e. The van der Waals surface area contributed by atoms with Gasteiger partial charge in [-0.05, 0) is 6.07 Å². The number of ether oxygens (including phenoxy) is 3. The van der Waals surface area contributed by atoms with Gasteiger partial charge in [-0.1, -0.05) is 11.6 Å². The third-order valence-corrected chi connectivity index (χ3v) is 2.69. The predicted octanol–water partition coefficient (Wildman–Crippen LogP) is 2.55. The van der Waals surface area contributed by atoms with Gasteiger partial charge in [-0.2, -0.15) is 8.78 Å². The summed E-state index contributed by atoms with van der Waals surface area (Å²) in [5.41, 5.74) is -0.526. The first-order valence-electron chi connectivity index (χ1n) is 5.41. The molecule has 5 nitrogen and oxygen atoms in total. The van der Waals surface area contributed by atoms with Crippen LogP contribution in [0.25, 0.3) is 0 Å². The van der Waals surface area contributed by atoms with Crippen LogP contribution in [-0.2, 0) is 15.5 Å². The zero-order valence-corrected chi connectivity index (χ0v) is 11.5. The standard InChI is InChI=1S/C12H13ClF2O5/c1-18-9-3-7(8(13)4-10(9)19-2)12(14,15)6-20-5-11(16)17/h3-4H,5-6H2,1-2H3,(H,16,17). The first-order valence-corrected chi connectivity index (χ1v) is 5.79. The van der Waals surface area contributed by atoms with E-state index < -0.39 is 30.7 Å². The Hall–Kier alpha value is -1.60. The van der Waals surface area contributed by atoms with Crippen molar-refractivity contribution in [3.63, 3.8) is 0 Å². The van der Waals surface area contributed by atoms with Crippen LogP contribution < -0.4 is 9.47 Å². The molecular weight excluding hydrogens is 298 g/mol. The van der Waals surface area contributed by atoms with Crippen LogP contribution in [0.2, 0.25) is 5.02 Å². The summed E-state index contributed by atoms with van der Waals surface area (Å²) in [6.45, 7) is -1.92. The average Bonchev–Trinajstić information content (AvgIpc) is 2.37. The Morgan fingerprint density at radius 2 is 1.85 bits per heavy atom. The molecule has 0 atom stereocenters. The van der Waals surface area contributed by atoms with E-state index in [0.29, 0.717) is 0 Å². The lowest BCUT2D eigenvalue weighted by molar-refractivity contribution is -0.147. The second-order valence-electron chi connectivity index (χ2n) is 3.78. The fraction of sp³-hybridized carbons (Fsp3) is 0.417. The summed E-state index contributed by atoms with van der Waals surface area (Å²) in [4.78, 5) is 10.2. The van der Waals surface area contributed by atoms with E-state index in [1.165, 1.54) is 20.3 Å². The molecule has 1 aromatic rings. The van der Waals surface area contributed by atoms with E-state index >= 15 is 0 Å². The molecule has 8 heteroatoms. The van der Waals surface area contributed by atoms with Gasteiger partial charge in [-0.3, -0.25) is 0 Å². The maximum atomic E-state index is 13.9. The summed E-state index contributed by atoms with van der Waals surface area (Å²) in [7, 11) is 2.65. The molecule has 0 heterocycles. The maximum absolute atomic E-state index is 13.9. The third-order valence-electron chi connectivity index (χ3n) is 2.38. The number of benzene rings is 1. The summed E-state index contributed by atoms with van der Waals surface area (Å²) in [6.07, 6.45) is 0. The summed E-state index contributed by atoms with van der Waals surface area (Å²) in [5, 5.41) is 8.12. The zero-order chi connectivity index (χ0) is 15.3. The molecule has 0 spiro atoms. The molecule has 112 valence electrons. The molecule has 0 unspecified atom stereocenters. The molecule has 0 radical (unpaired) electrons. The van der Waals surface area contributed by atoms with Gasteiger partial charge in [-0.15, -0.1) is 0 Å². The van der Waals surface area contributed by atoms with Crippen molar-refractivity contribution in [2.45, 2.75) is 5.92 Å². The maximum Gasteiger partial charge on any atom is 0.329 e. The molecular formula is C12H13ClF2O5. The number of halogens is 3. The van der Waals surface area contributed by atoms with Gasteiger partial charge in [0, 0.05) is 11.6 Å². The first-order chi connectivity index (χ1) is 9.31. The molecule has 0 amide bonds. The molecule has 1 rings (SSSR count). The van der Waals surface area contributed by atoms with E-state index in [1.54, 1.807) is 0 Å². The number of rotatable bonds is 7. The Kier molecular flexibility index (Phi) is 5.52. The van der Waals surface area contributed by atoms with Gasteiger partial charge in [0.15, 0.2) is 11.5 Å². The van der Waals surface area contributed by atoms with Crippen LogP contribution in [0, 0.1) is 0 Å².